The van der Waals surface area contributed by atoms with Gasteiger partial charge in [-0.1, -0.05) is 19.1 Å². The van der Waals surface area contributed by atoms with Gasteiger partial charge in [0, 0.05) is 24.9 Å². The van der Waals surface area contributed by atoms with Crippen molar-refractivity contribution < 1.29 is 14.3 Å². The lowest BCUT2D eigenvalue weighted by Crippen LogP contribution is -2.28. The van der Waals surface area contributed by atoms with E-state index in [1.165, 1.54) is 5.69 Å². The van der Waals surface area contributed by atoms with Crippen LogP contribution in [0.15, 0.2) is 0 Å². The molecule has 0 bridgehead atoms. The van der Waals surface area contributed by atoms with E-state index in [0.717, 1.165) is 31.4 Å². The molecular weight excluding hydrogens is 344 g/mol. The number of carbonyl (C=O) groups excluding carboxylic acids is 2. The fourth-order valence-corrected chi connectivity index (χ4v) is 4.25. The Morgan fingerprint density at radius 3 is 2.56 bits per heavy atom. The molecule has 150 valence electrons. The van der Waals surface area contributed by atoms with E-state index in [1.807, 2.05) is 13.8 Å². The molecule has 1 fully saturated rings. The molecule has 2 aliphatic carbocycles. The molecular formula is C20H32N4O3. The van der Waals surface area contributed by atoms with Crippen molar-refractivity contribution in [2.75, 3.05) is 13.2 Å². The van der Waals surface area contributed by atoms with E-state index >= 15 is 0 Å². The third kappa shape index (κ3) is 4.68. The third-order valence-corrected chi connectivity index (χ3v) is 5.99. The first-order valence-electron chi connectivity index (χ1n) is 10.2. The van der Waals surface area contributed by atoms with Crippen molar-refractivity contribution in [3.05, 3.63) is 11.4 Å². The topological polar surface area (TPSA) is 86.1 Å². The largest absolute Gasteiger partial charge is 0.449 e. The minimum Gasteiger partial charge on any atom is -0.449 e. The summed E-state index contributed by atoms with van der Waals surface area (Å²) < 4.78 is 7.46. The fraction of sp³-hybridized carbons (Fsp3) is 0.800. The molecule has 3 rings (SSSR count). The van der Waals surface area contributed by atoms with E-state index in [0.29, 0.717) is 43.4 Å². The fourth-order valence-electron chi connectivity index (χ4n) is 4.25. The van der Waals surface area contributed by atoms with Crippen molar-refractivity contribution in [1.82, 2.24) is 20.3 Å². The van der Waals surface area contributed by atoms with Gasteiger partial charge in [-0.25, -0.2) is 9.48 Å². The monoisotopic (exact) mass is 376 g/mol. The smallest absolute Gasteiger partial charge is 0.407 e. The van der Waals surface area contributed by atoms with Gasteiger partial charge in [-0.3, -0.25) is 4.79 Å². The zero-order chi connectivity index (χ0) is 19.6. The lowest BCUT2D eigenvalue weighted by Gasteiger charge is -2.12. The number of rotatable bonds is 7. The zero-order valence-electron chi connectivity index (χ0n) is 16.9. The van der Waals surface area contributed by atoms with Gasteiger partial charge in [0.2, 0.25) is 0 Å². The van der Waals surface area contributed by atoms with Gasteiger partial charge in [-0.05, 0) is 57.3 Å². The number of hydrogen-bond acceptors (Lipinski definition) is 5. The van der Waals surface area contributed by atoms with Gasteiger partial charge in [0.05, 0.1) is 18.0 Å². The van der Waals surface area contributed by atoms with Crippen LogP contribution in [0.2, 0.25) is 0 Å². The summed E-state index contributed by atoms with van der Waals surface area (Å²) in [5, 5.41) is 11.4. The maximum atomic E-state index is 11.9. The lowest BCUT2D eigenvalue weighted by atomic mass is 10.0. The Bertz CT molecular complexity index is 683. The molecule has 0 spiro atoms. The summed E-state index contributed by atoms with van der Waals surface area (Å²) in [6, 6.07) is 0.334. The molecule has 0 aliphatic heterocycles. The molecule has 7 nitrogen and oxygen atoms in total. The van der Waals surface area contributed by atoms with Crippen molar-refractivity contribution in [3.8, 4) is 0 Å². The predicted molar refractivity (Wildman–Crippen MR) is 101 cm³/mol. The second kappa shape index (κ2) is 8.40. The highest BCUT2D eigenvalue weighted by atomic mass is 16.5. The van der Waals surface area contributed by atoms with Crippen molar-refractivity contribution in [3.63, 3.8) is 0 Å². The standard InChI is InChI=1S/C20H32N4O3/c1-12(2)19(25)9-10-21-20(26)27-11-16-14-5-7-17-18(8-6-15(14)16)24(13(3)4)23-22-17/h12-16H,5-11H2,1-4H3,(H,21,26)/t14-,15+,16?/m0/s1. The summed E-state index contributed by atoms with van der Waals surface area (Å²) in [7, 11) is 0. The molecule has 1 heterocycles. The number of nitrogens with one attached hydrogen (secondary N) is 1. The van der Waals surface area contributed by atoms with Crippen LogP contribution in [0.1, 0.15) is 64.4 Å². The van der Waals surface area contributed by atoms with Crippen LogP contribution < -0.4 is 5.32 Å². The second-order valence-corrected chi connectivity index (χ2v) is 8.49. The maximum Gasteiger partial charge on any atom is 0.407 e. The van der Waals surface area contributed by atoms with E-state index in [-0.39, 0.29) is 11.7 Å². The quantitative estimate of drug-likeness (QED) is 0.791. The zero-order valence-corrected chi connectivity index (χ0v) is 16.9. The Hall–Kier alpha value is -1.92. The Morgan fingerprint density at radius 1 is 1.19 bits per heavy atom. The molecule has 3 atom stereocenters. The van der Waals surface area contributed by atoms with Gasteiger partial charge in [0.25, 0.3) is 0 Å². The Balaban J connectivity index is 1.42. The highest BCUT2D eigenvalue weighted by Gasteiger charge is 2.50. The van der Waals surface area contributed by atoms with Crippen LogP contribution in [-0.2, 0) is 22.4 Å². The number of carbonyl (C=O) groups is 2. The number of alkyl carbamates (subject to hydrolysis) is 1. The molecule has 1 aromatic rings. The number of fused-ring (bicyclic) bond motifs is 2. The molecule has 1 unspecified atom stereocenters. The third-order valence-electron chi connectivity index (χ3n) is 5.99. The number of ether oxygens (including phenoxy) is 1. The van der Waals surface area contributed by atoms with Crippen molar-refractivity contribution in [2.45, 2.75) is 65.8 Å². The molecule has 2 aliphatic rings. The predicted octanol–water partition coefficient (Wildman–Crippen LogP) is 2.94. The van der Waals surface area contributed by atoms with Gasteiger partial charge in [0.15, 0.2) is 0 Å². The SMILES string of the molecule is CC(C)C(=O)CCNC(=O)OCC1[C@H]2CCc3nnn(C(C)C)c3CC[C@@H]12. The van der Waals surface area contributed by atoms with Gasteiger partial charge >= 0.3 is 6.09 Å². The first-order valence-corrected chi connectivity index (χ1v) is 10.2. The summed E-state index contributed by atoms with van der Waals surface area (Å²) in [5.74, 6) is 1.87. The molecule has 0 aromatic carbocycles. The average molecular weight is 377 g/mol. The second-order valence-electron chi connectivity index (χ2n) is 8.49. The van der Waals surface area contributed by atoms with Crippen LogP contribution >= 0.6 is 0 Å². The summed E-state index contributed by atoms with van der Waals surface area (Å²) in [4.78, 5) is 23.4. The summed E-state index contributed by atoms with van der Waals surface area (Å²) in [6.07, 6.45) is 4.11. The van der Waals surface area contributed by atoms with E-state index in [2.05, 4.69) is 34.2 Å². The number of ketones is 1. The maximum absolute atomic E-state index is 11.9. The average Bonchev–Trinajstić information content (AvgIpc) is 3.08. The Kier molecular flexibility index (Phi) is 6.17. The molecule has 1 aromatic heterocycles. The van der Waals surface area contributed by atoms with Crippen LogP contribution in [-0.4, -0.2) is 40.0 Å². The van der Waals surface area contributed by atoms with Gasteiger partial charge in [-0.15, -0.1) is 5.10 Å². The number of nitrogens with zero attached hydrogens (tertiary/aromatic N) is 3. The molecule has 0 saturated heterocycles. The van der Waals surface area contributed by atoms with Crippen LogP contribution in [0.25, 0.3) is 0 Å². The summed E-state index contributed by atoms with van der Waals surface area (Å²) in [6.45, 7) is 8.83. The number of aryl methyl sites for hydroxylation is 1. The van der Waals surface area contributed by atoms with Crippen LogP contribution in [0.4, 0.5) is 4.79 Å². The van der Waals surface area contributed by atoms with Crippen LogP contribution in [0, 0.1) is 23.7 Å². The molecule has 1 N–H and O–H groups in total. The summed E-state index contributed by atoms with van der Waals surface area (Å²) in [5.41, 5.74) is 2.42. The van der Waals surface area contributed by atoms with E-state index in [4.69, 9.17) is 4.74 Å². The molecule has 1 saturated carbocycles. The van der Waals surface area contributed by atoms with Crippen LogP contribution in [0.5, 0.6) is 0 Å². The Labute approximate surface area is 161 Å². The normalized spacial score (nSPS) is 24.0. The van der Waals surface area contributed by atoms with Gasteiger partial charge in [-0.2, -0.15) is 0 Å². The number of hydrogen-bond donors (Lipinski definition) is 1. The van der Waals surface area contributed by atoms with Crippen molar-refractivity contribution in [2.24, 2.45) is 23.7 Å². The number of Topliss-reactive ketones (excluding diaryl/α,β-unsaturated/α-hetero) is 1. The minimum atomic E-state index is -0.411. The van der Waals surface area contributed by atoms with Crippen molar-refractivity contribution >= 4 is 11.9 Å². The van der Waals surface area contributed by atoms with Crippen molar-refractivity contribution in [1.29, 1.82) is 0 Å². The van der Waals surface area contributed by atoms with Crippen LogP contribution in [0.3, 0.4) is 0 Å². The molecule has 7 heteroatoms. The number of amides is 1. The summed E-state index contributed by atoms with van der Waals surface area (Å²) >= 11 is 0. The van der Waals surface area contributed by atoms with Gasteiger partial charge < -0.3 is 10.1 Å². The first kappa shape index (κ1) is 19.8. The van der Waals surface area contributed by atoms with E-state index in [1.54, 1.807) is 0 Å². The molecule has 0 radical (unpaired) electrons. The first-order chi connectivity index (χ1) is 12.9. The molecule has 27 heavy (non-hydrogen) atoms. The minimum absolute atomic E-state index is 0.00617. The van der Waals surface area contributed by atoms with E-state index < -0.39 is 6.09 Å². The number of aromatic nitrogens is 3. The highest BCUT2D eigenvalue weighted by Crippen LogP contribution is 2.52. The molecule has 1 amide bonds. The lowest BCUT2D eigenvalue weighted by molar-refractivity contribution is -0.121. The van der Waals surface area contributed by atoms with E-state index in [9.17, 15) is 9.59 Å². The Morgan fingerprint density at radius 2 is 1.89 bits per heavy atom. The van der Waals surface area contributed by atoms with Gasteiger partial charge in [0.1, 0.15) is 5.78 Å². The highest BCUT2D eigenvalue weighted by molar-refractivity contribution is 5.80.